The molecule has 0 aliphatic carbocycles. The lowest BCUT2D eigenvalue weighted by molar-refractivity contribution is -0.120. The van der Waals surface area contributed by atoms with Crippen LogP contribution in [0.3, 0.4) is 0 Å². The van der Waals surface area contributed by atoms with Crippen molar-refractivity contribution < 1.29 is 4.79 Å². The van der Waals surface area contributed by atoms with Crippen molar-refractivity contribution in [2.75, 3.05) is 6.54 Å². The zero-order chi connectivity index (χ0) is 11.3. The largest absolute Gasteiger partial charge is 0.355 e. The molecule has 1 rings (SSSR count). The van der Waals surface area contributed by atoms with E-state index in [1.807, 2.05) is 31.2 Å². The number of carbonyl (C=O) groups is 1. The maximum Gasteiger partial charge on any atom is 0.242 e. The summed E-state index contributed by atoms with van der Waals surface area (Å²) in [5, 5.41) is 2.13. The summed E-state index contributed by atoms with van der Waals surface area (Å²) in [5.41, 5.74) is 0.799. The molecule has 1 unspecified atom stereocenters. The van der Waals surface area contributed by atoms with Crippen molar-refractivity contribution in [3.8, 4) is 0 Å². The first-order valence-corrected chi connectivity index (χ1v) is 6.06. The summed E-state index contributed by atoms with van der Waals surface area (Å²) in [6.07, 6.45) is 0.908. The van der Waals surface area contributed by atoms with Crippen molar-refractivity contribution >= 4 is 33.4 Å². The Labute approximate surface area is 103 Å². The smallest absolute Gasteiger partial charge is 0.242 e. The lowest BCUT2D eigenvalue weighted by Crippen LogP contribution is -2.27. The number of rotatable bonds is 4. The average molecular weight is 291 g/mol. The van der Waals surface area contributed by atoms with Crippen LogP contribution in [0.5, 0.6) is 0 Å². The summed E-state index contributed by atoms with van der Waals surface area (Å²) < 4.78 is 0.858. The van der Waals surface area contributed by atoms with Gasteiger partial charge in [-0.25, -0.2) is 0 Å². The number of halogens is 2. The monoisotopic (exact) mass is 289 g/mol. The van der Waals surface area contributed by atoms with Crippen LogP contribution in [0.25, 0.3) is 0 Å². The molecule has 0 radical (unpaired) electrons. The normalized spacial score (nSPS) is 12.2. The Morgan fingerprint density at radius 2 is 2.20 bits per heavy atom. The fraction of sp³-hybridized carbons (Fsp3) is 0.364. The molecular weight excluding hydrogens is 277 g/mol. The van der Waals surface area contributed by atoms with Crippen molar-refractivity contribution in [3.63, 3.8) is 0 Å². The molecule has 0 heterocycles. The third kappa shape index (κ3) is 3.50. The van der Waals surface area contributed by atoms with Crippen LogP contribution < -0.4 is 5.32 Å². The van der Waals surface area contributed by atoms with Crippen molar-refractivity contribution in [2.24, 2.45) is 0 Å². The van der Waals surface area contributed by atoms with Crippen LogP contribution >= 0.6 is 27.5 Å². The van der Waals surface area contributed by atoms with Crippen molar-refractivity contribution in [1.29, 1.82) is 0 Å². The minimum Gasteiger partial charge on any atom is -0.355 e. The van der Waals surface area contributed by atoms with Gasteiger partial charge in [-0.15, -0.1) is 11.6 Å². The average Bonchev–Trinajstić information content (AvgIpc) is 2.25. The van der Waals surface area contributed by atoms with Gasteiger partial charge in [0.05, 0.1) is 0 Å². The van der Waals surface area contributed by atoms with Gasteiger partial charge in [0.2, 0.25) is 5.91 Å². The second-order valence-electron chi connectivity index (χ2n) is 3.18. The summed E-state index contributed by atoms with van der Waals surface area (Å²) >= 11 is 9.42. The molecule has 15 heavy (non-hydrogen) atoms. The van der Waals surface area contributed by atoms with Gasteiger partial charge in [0.25, 0.3) is 0 Å². The second-order valence-corrected chi connectivity index (χ2v) is 4.47. The SMILES string of the molecule is CCCNC(=O)C(Cl)c1ccccc1Br. The molecule has 2 nitrogen and oxygen atoms in total. The van der Waals surface area contributed by atoms with E-state index in [2.05, 4.69) is 21.2 Å². The standard InChI is InChI=1S/C11H13BrClNO/c1-2-7-14-11(15)10(13)8-5-3-4-6-9(8)12/h3-6,10H,2,7H2,1H3,(H,14,15). The van der Waals surface area contributed by atoms with Gasteiger partial charge in [-0.3, -0.25) is 4.79 Å². The molecule has 0 aromatic heterocycles. The van der Waals surface area contributed by atoms with Gasteiger partial charge < -0.3 is 5.32 Å². The summed E-state index contributed by atoms with van der Waals surface area (Å²) in [5.74, 6) is -0.148. The molecule has 0 bridgehead atoms. The lowest BCUT2D eigenvalue weighted by Gasteiger charge is -2.11. The van der Waals surface area contributed by atoms with Crippen molar-refractivity contribution in [2.45, 2.75) is 18.7 Å². The number of hydrogen-bond acceptors (Lipinski definition) is 1. The fourth-order valence-corrected chi connectivity index (χ4v) is 2.07. The minimum absolute atomic E-state index is 0.148. The van der Waals surface area contributed by atoms with Gasteiger partial charge in [-0.2, -0.15) is 0 Å². The quantitative estimate of drug-likeness (QED) is 0.847. The Balaban J connectivity index is 2.72. The van der Waals surface area contributed by atoms with Gasteiger partial charge in [-0.1, -0.05) is 41.1 Å². The number of benzene rings is 1. The highest BCUT2D eigenvalue weighted by Crippen LogP contribution is 2.27. The predicted molar refractivity (Wildman–Crippen MR) is 66.0 cm³/mol. The van der Waals surface area contributed by atoms with Crippen LogP contribution in [0.15, 0.2) is 28.7 Å². The Hall–Kier alpha value is -0.540. The molecule has 0 saturated carbocycles. The molecule has 1 N–H and O–H groups in total. The molecule has 1 atom stereocenters. The maximum atomic E-state index is 11.6. The van der Waals surface area contributed by atoms with Gasteiger partial charge in [-0.05, 0) is 18.1 Å². The highest BCUT2D eigenvalue weighted by atomic mass is 79.9. The van der Waals surface area contributed by atoms with E-state index in [0.29, 0.717) is 6.54 Å². The van der Waals surface area contributed by atoms with Crippen LogP contribution in [0.1, 0.15) is 24.3 Å². The molecule has 0 aliphatic heterocycles. The Morgan fingerprint density at radius 1 is 1.53 bits per heavy atom. The van der Waals surface area contributed by atoms with Crippen LogP contribution in [-0.4, -0.2) is 12.5 Å². The first-order valence-electron chi connectivity index (χ1n) is 4.83. The van der Waals surface area contributed by atoms with Crippen LogP contribution in [0.2, 0.25) is 0 Å². The third-order valence-corrected chi connectivity index (χ3v) is 3.11. The van der Waals surface area contributed by atoms with E-state index in [1.54, 1.807) is 0 Å². The first kappa shape index (κ1) is 12.5. The van der Waals surface area contributed by atoms with Gasteiger partial charge in [0.1, 0.15) is 5.38 Å². The molecule has 4 heteroatoms. The highest BCUT2D eigenvalue weighted by Gasteiger charge is 2.18. The van der Waals surface area contributed by atoms with Crippen LogP contribution in [-0.2, 0) is 4.79 Å². The molecule has 0 saturated heterocycles. The van der Waals surface area contributed by atoms with E-state index >= 15 is 0 Å². The highest BCUT2D eigenvalue weighted by molar-refractivity contribution is 9.10. The molecule has 1 amide bonds. The van der Waals surface area contributed by atoms with E-state index in [4.69, 9.17) is 11.6 Å². The van der Waals surface area contributed by atoms with Crippen LogP contribution in [0.4, 0.5) is 0 Å². The van der Waals surface area contributed by atoms with E-state index < -0.39 is 5.38 Å². The molecule has 0 aliphatic rings. The van der Waals surface area contributed by atoms with E-state index in [1.165, 1.54) is 0 Å². The second kappa shape index (κ2) is 6.13. The zero-order valence-electron chi connectivity index (χ0n) is 8.47. The lowest BCUT2D eigenvalue weighted by atomic mass is 10.1. The van der Waals surface area contributed by atoms with E-state index in [9.17, 15) is 4.79 Å². The van der Waals surface area contributed by atoms with Crippen molar-refractivity contribution in [3.05, 3.63) is 34.3 Å². The predicted octanol–water partition coefficient (Wildman–Crippen LogP) is 3.26. The van der Waals surface area contributed by atoms with Gasteiger partial charge in [0.15, 0.2) is 0 Å². The third-order valence-electron chi connectivity index (χ3n) is 1.96. The molecule has 82 valence electrons. The molecule has 1 aromatic carbocycles. The number of carbonyl (C=O) groups excluding carboxylic acids is 1. The number of hydrogen-bond donors (Lipinski definition) is 1. The van der Waals surface area contributed by atoms with E-state index in [-0.39, 0.29) is 5.91 Å². The number of alkyl halides is 1. The fourth-order valence-electron chi connectivity index (χ4n) is 1.16. The Bertz CT molecular complexity index is 343. The molecule has 0 spiro atoms. The van der Waals surface area contributed by atoms with Gasteiger partial charge in [0, 0.05) is 11.0 Å². The first-order chi connectivity index (χ1) is 7.16. The summed E-state index contributed by atoms with van der Waals surface area (Å²) in [6, 6.07) is 7.47. The zero-order valence-corrected chi connectivity index (χ0v) is 10.8. The topological polar surface area (TPSA) is 29.1 Å². The van der Waals surface area contributed by atoms with E-state index in [0.717, 1.165) is 16.5 Å². The number of nitrogens with one attached hydrogen (secondary N) is 1. The van der Waals surface area contributed by atoms with Crippen molar-refractivity contribution in [1.82, 2.24) is 5.32 Å². The minimum atomic E-state index is -0.632. The van der Waals surface area contributed by atoms with Crippen LogP contribution in [0, 0.1) is 0 Å². The number of amides is 1. The molecular formula is C11H13BrClNO. The van der Waals surface area contributed by atoms with Gasteiger partial charge >= 0.3 is 0 Å². The molecule has 0 fully saturated rings. The summed E-state index contributed by atoms with van der Waals surface area (Å²) in [7, 11) is 0. The summed E-state index contributed by atoms with van der Waals surface area (Å²) in [6.45, 7) is 2.66. The maximum absolute atomic E-state index is 11.6. The molecule has 1 aromatic rings. The Kier molecular flexibility index (Phi) is 5.12. The Morgan fingerprint density at radius 3 is 2.80 bits per heavy atom. The summed E-state index contributed by atoms with van der Waals surface area (Å²) in [4.78, 5) is 11.6.